The number of rotatable bonds is 4. The fraction of sp³-hybridized carbons (Fsp3) is 0.438. The Balaban J connectivity index is 1.61. The quantitative estimate of drug-likeness (QED) is 0.886. The van der Waals surface area contributed by atoms with E-state index < -0.39 is 0 Å². The van der Waals surface area contributed by atoms with Gasteiger partial charge in [-0.05, 0) is 47.4 Å². The van der Waals surface area contributed by atoms with Crippen LogP contribution in [0.5, 0.6) is 0 Å². The van der Waals surface area contributed by atoms with Gasteiger partial charge < -0.3 is 5.32 Å². The lowest BCUT2D eigenvalue weighted by atomic mass is 10.1. The number of nitrogens with one attached hydrogen (secondary N) is 1. The molecule has 1 heterocycles. The zero-order valence-electron chi connectivity index (χ0n) is 11.1. The van der Waals surface area contributed by atoms with Gasteiger partial charge in [-0.1, -0.05) is 26.0 Å². The van der Waals surface area contributed by atoms with Gasteiger partial charge in [0.05, 0.1) is 0 Å². The van der Waals surface area contributed by atoms with E-state index in [0.717, 1.165) is 19.0 Å². The highest BCUT2D eigenvalue weighted by atomic mass is 14.9. The van der Waals surface area contributed by atoms with Crippen LogP contribution in [-0.2, 0) is 6.54 Å². The van der Waals surface area contributed by atoms with Gasteiger partial charge in [0.2, 0.25) is 0 Å². The summed E-state index contributed by atoms with van der Waals surface area (Å²) in [5.74, 6) is 0.863. The minimum absolute atomic E-state index is 0.571. The topological polar surface area (TPSA) is 24.9 Å². The first kappa shape index (κ1) is 11.7. The van der Waals surface area contributed by atoms with Gasteiger partial charge in [0, 0.05) is 24.3 Å². The number of hydrogen-bond donors (Lipinski definition) is 1. The molecule has 2 aromatic rings. The molecule has 0 aliphatic heterocycles. The molecule has 0 radical (unpaired) electrons. The summed E-state index contributed by atoms with van der Waals surface area (Å²) in [5.41, 5.74) is 1.93. The average Bonchev–Trinajstić information content (AvgIpc) is 2.97. The van der Waals surface area contributed by atoms with Crippen LogP contribution in [0.25, 0.3) is 10.8 Å². The molecule has 0 bridgehead atoms. The van der Waals surface area contributed by atoms with Crippen LogP contribution in [0.3, 0.4) is 0 Å². The Hall–Kier alpha value is -1.41. The average molecular weight is 240 g/mol. The van der Waals surface area contributed by atoms with Gasteiger partial charge >= 0.3 is 0 Å². The van der Waals surface area contributed by atoms with Gasteiger partial charge in [0.25, 0.3) is 0 Å². The Morgan fingerprint density at radius 2 is 2.11 bits per heavy atom. The molecule has 1 N–H and O–H groups in total. The minimum atomic E-state index is 0.571. The van der Waals surface area contributed by atoms with Crippen molar-refractivity contribution < 1.29 is 0 Å². The molecular formula is C16H20N2. The molecule has 1 fully saturated rings. The van der Waals surface area contributed by atoms with Crippen molar-refractivity contribution in [1.82, 2.24) is 10.3 Å². The molecule has 18 heavy (non-hydrogen) atoms. The third-order valence-corrected chi connectivity index (χ3v) is 4.14. The summed E-state index contributed by atoms with van der Waals surface area (Å²) >= 11 is 0. The predicted octanol–water partition coefficient (Wildman–Crippen LogP) is 3.37. The third kappa shape index (κ3) is 2.39. The molecule has 0 spiro atoms. The van der Waals surface area contributed by atoms with Crippen molar-refractivity contribution in [2.24, 2.45) is 11.3 Å². The molecule has 1 unspecified atom stereocenters. The van der Waals surface area contributed by atoms with Crippen LogP contribution in [-0.4, -0.2) is 11.5 Å². The summed E-state index contributed by atoms with van der Waals surface area (Å²) in [6.45, 7) is 6.80. The number of nitrogens with zero attached hydrogens (tertiary/aromatic N) is 1. The minimum Gasteiger partial charge on any atom is -0.312 e. The van der Waals surface area contributed by atoms with E-state index in [4.69, 9.17) is 0 Å². The summed E-state index contributed by atoms with van der Waals surface area (Å²) in [6.07, 6.45) is 5.13. The highest BCUT2D eigenvalue weighted by Crippen LogP contribution is 2.50. The van der Waals surface area contributed by atoms with Crippen molar-refractivity contribution in [3.8, 4) is 0 Å². The Kier molecular flexibility index (Phi) is 2.83. The first-order chi connectivity index (χ1) is 8.65. The zero-order valence-corrected chi connectivity index (χ0v) is 11.1. The molecule has 0 amide bonds. The van der Waals surface area contributed by atoms with E-state index in [9.17, 15) is 0 Å². The van der Waals surface area contributed by atoms with E-state index in [1.54, 1.807) is 0 Å². The monoisotopic (exact) mass is 240 g/mol. The van der Waals surface area contributed by atoms with E-state index >= 15 is 0 Å². The van der Waals surface area contributed by atoms with Crippen molar-refractivity contribution in [2.45, 2.75) is 26.8 Å². The summed E-state index contributed by atoms with van der Waals surface area (Å²) in [4.78, 5) is 4.14. The molecule has 2 nitrogen and oxygen atoms in total. The molecule has 1 atom stereocenters. The van der Waals surface area contributed by atoms with E-state index in [1.807, 2.05) is 12.4 Å². The summed E-state index contributed by atoms with van der Waals surface area (Å²) in [7, 11) is 0. The third-order valence-electron chi connectivity index (χ3n) is 4.14. The van der Waals surface area contributed by atoms with Crippen LogP contribution in [0, 0.1) is 11.3 Å². The van der Waals surface area contributed by atoms with Crippen LogP contribution in [0.2, 0.25) is 0 Å². The van der Waals surface area contributed by atoms with Crippen molar-refractivity contribution in [3.63, 3.8) is 0 Å². The maximum atomic E-state index is 4.14. The molecule has 2 heteroatoms. The summed E-state index contributed by atoms with van der Waals surface area (Å²) < 4.78 is 0. The SMILES string of the molecule is CC1(C)CC1CNCc1ccc2cnccc2c1. The number of pyridine rings is 1. The normalized spacial score (nSPS) is 21.1. The molecule has 1 aromatic carbocycles. The molecule has 94 valence electrons. The highest BCUT2D eigenvalue weighted by Gasteiger charge is 2.44. The van der Waals surface area contributed by atoms with E-state index in [-0.39, 0.29) is 0 Å². The van der Waals surface area contributed by atoms with E-state index in [2.05, 4.69) is 48.4 Å². The van der Waals surface area contributed by atoms with Gasteiger partial charge in [-0.25, -0.2) is 0 Å². The fourth-order valence-electron chi connectivity index (χ4n) is 2.56. The highest BCUT2D eigenvalue weighted by molar-refractivity contribution is 5.81. The zero-order chi connectivity index (χ0) is 12.6. The Morgan fingerprint density at radius 3 is 2.89 bits per heavy atom. The molecule has 1 aliphatic carbocycles. The Bertz CT molecular complexity index is 560. The standard InChI is InChI=1S/C16H20N2/c1-16(2)8-15(16)11-18-9-12-3-4-14-10-17-6-5-13(14)7-12/h3-7,10,15,18H,8-9,11H2,1-2H3. The van der Waals surface area contributed by atoms with Gasteiger partial charge in [-0.15, -0.1) is 0 Å². The Labute approximate surface area is 108 Å². The van der Waals surface area contributed by atoms with E-state index in [1.165, 1.54) is 22.8 Å². The lowest BCUT2D eigenvalue weighted by Crippen LogP contribution is -2.18. The first-order valence-corrected chi connectivity index (χ1v) is 6.68. The number of aromatic nitrogens is 1. The fourth-order valence-corrected chi connectivity index (χ4v) is 2.56. The first-order valence-electron chi connectivity index (χ1n) is 6.68. The van der Waals surface area contributed by atoms with Crippen LogP contribution in [0.1, 0.15) is 25.8 Å². The van der Waals surface area contributed by atoms with Crippen LogP contribution < -0.4 is 5.32 Å². The smallest absolute Gasteiger partial charge is 0.0346 e. The second-order valence-electron chi connectivity index (χ2n) is 6.08. The molecule has 1 aliphatic rings. The summed E-state index contributed by atoms with van der Waals surface area (Å²) in [5, 5.41) is 6.06. The molecule has 1 aromatic heterocycles. The molecule has 1 saturated carbocycles. The van der Waals surface area contributed by atoms with Crippen molar-refractivity contribution >= 4 is 10.8 Å². The largest absolute Gasteiger partial charge is 0.312 e. The van der Waals surface area contributed by atoms with Crippen molar-refractivity contribution in [3.05, 3.63) is 42.2 Å². The van der Waals surface area contributed by atoms with Crippen molar-refractivity contribution in [1.29, 1.82) is 0 Å². The predicted molar refractivity (Wildman–Crippen MR) is 75.3 cm³/mol. The van der Waals surface area contributed by atoms with Gasteiger partial charge in [-0.2, -0.15) is 0 Å². The number of fused-ring (bicyclic) bond motifs is 1. The Morgan fingerprint density at radius 1 is 1.28 bits per heavy atom. The maximum Gasteiger partial charge on any atom is 0.0346 e. The maximum absolute atomic E-state index is 4.14. The molecule has 3 rings (SSSR count). The summed E-state index contributed by atoms with van der Waals surface area (Å²) in [6, 6.07) is 8.67. The second kappa shape index (κ2) is 4.36. The lowest BCUT2D eigenvalue weighted by molar-refractivity contribution is 0.519. The lowest BCUT2D eigenvalue weighted by Gasteiger charge is -2.07. The number of hydrogen-bond acceptors (Lipinski definition) is 2. The van der Waals surface area contributed by atoms with Gasteiger partial charge in [-0.3, -0.25) is 4.98 Å². The van der Waals surface area contributed by atoms with E-state index in [0.29, 0.717) is 5.41 Å². The van der Waals surface area contributed by atoms with Gasteiger partial charge in [0.1, 0.15) is 0 Å². The van der Waals surface area contributed by atoms with Crippen LogP contribution in [0.15, 0.2) is 36.7 Å². The van der Waals surface area contributed by atoms with Gasteiger partial charge in [0.15, 0.2) is 0 Å². The molecular weight excluding hydrogens is 220 g/mol. The molecule has 0 saturated heterocycles. The van der Waals surface area contributed by atoms with Crippen LogP contribution >= 0.6 is 0 Å². The second-order valence-corrected chi connectivity index (χ2v) is 6.08. The van der Waals surface area contributed by atoms with Crippen molar-refractivity contribution in [2.75, 3.05) is 6.54 Å². The van der Waals surface area contributed by atoms with Crippen LogP contribution in [0.4, 0.5) is 0 Å². The number of benzene rings is 1.